The van der Waals surface area contributed by atoms with Crippen LogP contribution in [0.1, 0.15) is 64.7 Å². The fourth-order valence-corrected chi connectivity index (χ4v) is 3.61. The van der Waals surface area contributed by atoms with Gasteiger partial charge in [0.1, 0.15) is 0 Å². The molecule has 0 bridgehead atoms. The number of amides is 4. The van der Waals surface area contributed by atoms with Gasteiger partial charge >= 0.3 is 6.09 Å². The van der Waals surface area contributed by atoms with E-state index in [-0.39, 0.29) is 35.4 Å². The lowest BCUT2D eigenvalue weighted by molar-refractivity contribution is 0.0608. The Kier molecular flexibility index (Phi) is 5.67. The zero-order chi connectivity index (χ0) is 20.4. The van der Waals surface area contributed by atoms with E-state index in [2.05, 4.69) is 5.32 Å². The Morgan fingerprint density at radius 3 is 2.39 bits per heavy atom. The van der Waals surface area contributed by atoms with Gasteiger partial charge in [-0.15, -0.1) is 0 Å². The summed E-state index contributed by atoms with van der Waals surface area (Å²) in [6.45, 7) is 6.62. The van der Waals surface area contributed by atoms with Crippen LogP contribution in [-0.4, -0.2) is 65.4 Å². The van der Waals surface area contributed by atoms with Gasteiger partial charge in [0.2, 0.25) is 0 Å². The number of ether oxygens (including phenoxy) is 1. The maximum absolute atomic E-state index is 12.8. The van der Waals surface area contributed by atoms with E-state index in [9.17, 15) is 19.2 Å². The van der Waals surface area contributed by atoms with Crippen molar-refractivity contribution in [2.24, 2.45) is 0 Å². The largest absolute Gasteiger partial charge is 0.450 e. The van der Waals surface area contributed by atoms with Crippen molar-refractivity contribution < 1.29 is 23.9 Å². The molecule has 1 fully saturated rings. The molecular weight excluding hydrogens is 362 g/mol. The van der Waals surface area contributed by atoms with Crippen molar-refractivity contribution in [2.45, 2.75) is 45.7 Å². The molecule has 1 N–H and O–H groups in total. The third-order valence-corrected chi connectivity index (χ3v) is 5.06. The molecule has 0 atom stereocenters. The molecule has 8 nitrogen and oxygen atoms in total. The fourth-order valence-electron chi connectivity index (χ4n) is 3.61. The van der Waals surface area contributed by atoms with Crippen molar-refractivity contribution in [2.75, 3.05) is 19.7 Å². The van der Waals surface area contributed by atoms with Crippen molar-refractivity contribution in [1.82, 2.24) is 15.1 Å². The lowest BCUT2D eigenvalue weighted by Crippen LogP contribution is -2.46. The molecule has 3 rings (SSSR count). The third-order valence-electron chi connectivity index (χ3n) is 5.06. The molecule has 0 spiro atoms. The smallest absolute Gasteiger partial charge is 0.407 e. The van der Waals surface area contributed by atoms with Gasteiger partial charge in [-0.05, 0) is 51.8 Å². The minimum atomic E-state index is -0.441. The standard InChI is InChI=1S/C20H25N3O5/c1-4-28-20(27)21-14-7-9-22(10-8-14)17(24)13-5-6-15-16(11-13)19(26)23(12(2)3)18(15)25/h5-6,11-12,14H,4,7-10H2,1-3H3,(H,21,27). The first-order valence-electron chi connectivity index (χ1n) is 9.58. The topological polar surface area (TPSA) is 96.0 Å². The quantitative estimate of drug-likeness (QED) is 0.798. The number of carbonyl (C=O) groups is 4. The highest BCUT2D eigenvalue weighted by molar-refractivity contribution is 6.22. The Balaban J connectivity index is 1.67. The highest BCUT2D eigenvalue weighted by Gasteiger charge is 2.37. The predicted molar refractivity (Wildman–Crippen MR) is 101 cm³/mol. The monoisotopic (exact) mass is 387 g/mol. The number of hydrogen-bond acceptors (Lipinski definition) is 5. The van der Waals surface area contributed by atoms with E-state index in [4.69, 9.17) is 4.74 Å². The summed E-state index contributed by atoms with van der Waals surface area (Å²) in [5, 5.41) is 2.79. The molecule has 0 saturated carbocycles. The third kappa shape index (κ3) is 3.72. The van der Waals surface area contributed by atoms with E-state index in [1.165, 1.54) is 11.0 Å². The average molecular weight is 387 g/mol. The summed E-state index contributed by atoms with van der Waals surface area (Å²) >= 11 is 0. The molecule has 1 saturated heterocycles. The zero-order valence-corrected chi connectivity index (χ0v) is 16.4. The molecule has 0 aromatic heterocycles. The van der Waals surface area contributed by atoms with E-state index >= 15 is 0 Å². The molecular formula is C20H25N3O5. The summed E-state index contributed by atoms with van der Waals surface area (Å²) in [4.78, 5) is 52.2. The zero-order valence-electron chi connectivity index (χ0n) is 16.4. The maximum atomic E-state index is 12.8. The Morgan fingerprint density at radius 1 is 1.14 bits per heavy atom. The van der Waals surface area contributed by atoms with Gasteiger partial charge in [-0.2, -0.15) is 0 Å². The van der Waals surface area contributed by atoms with Crippen molar-refractivity contribution in [3.8, 4) is 0 Å². The average Bonchev–Trinajstić information content (AvgIpc) is 2.92. The number of hydrogen-bond donors (Lipinski definition) is 1. The summed E-state index contributed by atoms with van der Waals surface area (Å²) in [5.41, 5.74) is 1.01. The van der Waals surface area contributed by atoms with Crippen LogP contribution in [-0.2, 0) is 4.74 Å². The maximum Gasteiger partial charge on any atom is 0.407 e. The van der Waals surface area contributed by atoms with Crippen LogP contribution in [0.15, 0.2) is 18.2 Å². The summed E-state index contributed by atoms with van der Waals surface area (Å²) in [6, 6.07) is 4.40. The molecule has 0 aliphatic carbocycles. The van der Waals surface area contributed by atoms with Crippen LogP contribution in [0, 0.1) is 0 Å². The summed E-state index contributed by atoms with van der Waals surface area (Å²) in [7, 11) is 0. The Hall–Kier alpha value is -2.90. The molecule has 150 valence electrons. The summed E-state index contributed by atoms with van der Waals surface area (Å²) < 4.78 is 4.88. The summed E-state index contributed by atoms with van der Waals surface area (Å²) in [5.74, 6) is -0.859. The van der Waals surface area contributed by atoms with Crippen LogP contribution in [0.5, 0.6) is 0 Å². The Labute approximate surface area is 163 Å². The second-order valence-corrected chi connectivity index (χ2v) is 7.27. The first-order chi connectivity index (χ1) is 13.3. The lowest BCUT2D eigenvalue weighted by Gasteiger charge is -2.32. The molecule has 28 heavy (non-hydrogen) atoms. The number of imide groups is 1. The number of piperidine rings is 1. The van der Waals surface area contributed by atoms with E-state index in [0.717, 1.165) is 0 Å². The lowest BCUT2D eigenvalue weighted by atomic mass is 10.0. The molecule has 2 aliphatic rings. The fraction of sp³-hybridized carbons (Fsp3) is 0.500. The second-order valence-electron chi connectivity index (χ2n) is 7.27. The summed E-state index contributed by atoms with van der Waals surface area (Å²) in [6.07, 6.45) is 0.825. The molecule has 2 heterocycles. The highest BCUT2D eigenvalue weighted by atomic mass is 16.5. The highest BCUT2D eigenvalue weighted by Crippen LogP contribution is 2.26. The van der Waals surface area contributed by atoms with Crippen molar-refractivity contribution >= 4 is 23.8 Å². The minimum Gasteiger partial charge on any atom is -0.450 e. The van der Waals surface area contributed by atoms with E-state index in [0.29, 0.717) is 43.7 Å². The van der Waals surface area contributed by atoms with Gasteiger partial charge in [0.05, 0.1) is 17.7 Å². The van der Waals surface area contributed by atoms with Gasteiger partial charge in [0, 0.05) is 30.7 Å². The Bertz CT molecular complexity index is 812. The molecule has 0 unspecified atom stereocenters. The molecule has 1 aromatic rings. The SMILES string of the molecule is CCOC(=O)NC1CCN(C(=O)c2ccc3c(c2)C(=O)N(C(C)C)C3=O)CC1. The van der Waals surface area contributed by atoms with Gasteiger partial charge in [-0.25, -0.2) is 4.79 Å². The molecule has 2 aliphatic heterocycles. The number of alkyl carbamates (subject to hydrolysis) is 1. The van der Waals surface area contributed by atoms with Crippen molar-refractivity contribution in [3.63, 3.8) is 0 Å². The van der Waals surface area contributed by atoms with Crippen LogP contribution in [0.25, 0.3) is 0 Å². The van der Waals surface area contributed by atoms with Crippen LogP contribution in [0.3, 0.4) is 0 Å². The number of benzene rings is 1. The number of carbonyl (C=O) groups excluding carboxylic acids is 4. The van der Waals surface area contributed by atoms with Gasteiger partial charge in [-0.3, -0.25) is 19.3 Å². The first kappa shape index (κ1) is 19.9. The minimum absolute atomic E-state index is 0.0260. The van der Waals surface area contributed by atoms with Gasteiger partial charge in [0.15, 0.2) is 0 Å². The van der Waals surface area contributed by atoms with Crippen molar-refractivity contribution in [1.29, 1.82) is 0 Å². The van der Waals surface area contributed by atoms with E-state index in [1.807, 2.05) is 0 Å². The normalized spacial score (nSPS) is 17.1. The predicted octanol–water partition coefficient (Wildman–Crippen LogP) is 2.04. The van der Waals surface area contributed by atoms with Gasteiger partial charge in [-0.1, -0.05) is 0 Å². The van der Waals surface area contributed by atoms with Crippen molar-refractivity contribution in [3.05, 3.63) is 34.9 Å². The second kappa shape index (κ2) is 8.00. The van der Waals surface area contributed by atoms with Gasteiger partial charge in [0.25, 0.3) is 17.7 Å². The number of likely N-dealkylation sites (tertiary alicyclic amines) is 1. The first-order valence-corrected chi connectivity index (χ1v) is 9.58. The van der Waals surface area contributed by atoms with E-state index < -0.39 is 6.09 Å². The number of nitrogens with zero attached hydrogens (tertiary/aromatic N) is 2. The molecule has 1 aromatic carbocycles. The molecule has 4 amide bonds. The number of nitrogens with one attached hydrogen (secondary N) is 1. The van der Waals surface area contributed by atoms with Crippen LogP contribution >= 0.6 is 0 Å². The molecule has 0 radical (unpaired) electrons. The number of fused-ring (bicyclic) bond motifs is 1. The Morgan fingerprint density at radius 2 is 1.79 bits per heavy atom. The van der Waals surface area contributed by atoms with Crippen LogP contribution in [0.2, 0.25) is 0 Å². The van der Waals surface area contributed by atoms with Crippen LogP contribution < -0.4 is 5.32 Å². The number of rotatable bonds is 4. The van der Waals surface area contributed by atoms with Crippen LogP contribution in [0.4, 0.5) is 4.79 Å². The van der Waals surface area contributed by atoms with E-state index in [1.54, 1.807) is 37.8 Å². The van der Waals surface area contributed by atoms with Gasteiger partial charge < -0.3 is 15.0 Å². The molecule has 8 heteroatoms.